The lowest BCUT2D eigenvalue weighted by atomic mass is 10.4. The van der Waals surface area contributed by atoms with Gasteiger partial charge in [-0.3, -0.25) is 4.79 Å². The van der Waals surface area contributed by atoms with Gasteiger partial charge in [0.25, 0.3) is 5.91 Å². The topological polar surface area (TPSA) is 79.8 Å². The van der Waals surface area contributed by atoms with E-state index in [9.17, 15) is 4.79 Å². The monoisotopic (exact) mass is 321 g/mol. The predicted octanol–water partition coefficient (Wildman–Crippen LogP) is 2.32. The molecule has 6 nitrogen and oxygen atoms in total. The van der Waals surface area contributed by atoms with Gasteiger partial charge in [0.15, 0.2) is 0 Å². The zero-order valence-corrected chi connectivity index (χ0v) is 11.8. The van der Waals surface area contributed by atoms with Gasteiger partial charge in [0, 0.05) is 12.7 Å². The normalized spacial score (nSPS) is 10.0. The van der Waals surface area contributed by atoms with Crippen molar-refractivity contribution in [1.29, 1.82) is 0 Å². The zero-order valence-electron chi connectivity index (χ0n) is 10.2. The van der Waals surface area contributed by atoms with Crippen molar-refractivity contribution in [2.45, 2.75) is 6.92 Å². The van der Waals surface area contributed by atoms with Crippen molar-refractivity contribution >= 4 is 33.5 Å². The summed E-state index contributed by atoms with van der Waals surface area (Å²) in [5.74, 6) is 0.734. The first-order chi connectivity index (χ1) is 9.20. The third kappa shape index (κ3) is 3.47. The van der Waals surface area contributed by atoms with Gasteiger partial charge >= 0.3 is 0 Å². The van der Waals surface area contributed by atoms with Crippen LogP contribution in [-0.4, -0.2) is 27.4 Å². The molecule has 1 amide bonds. The maximum Gasteiger partial charge on any atom is 0.277 e. The molecule has 2 aromatic rings. The smallest absolute Gasteiger partial charge is 0.277 e. The molecular formula is C12H12BrN5O. The standard InChI is InChI=1S/C12H12BrN5O/c1-2-14-10-7-16-9(6-17-10)12(19)18-11-8(13)4-3-5-15-11/h3-7H,2H2,1H3,(H,14,17)(H,15,18,19). The number of hydrogen-bond donors (Lipinski definition) is 2. The fourth-order valence-corrected chi connectivity index (χ4v) is 1.72. The van der Waals surface area contributed by atoms with E-state index in [1.165, 1.54) is 12.4 Å². The van der Waals surface area contributed by atoms with Crippen molar-refractivity contribution in [2.75, 3.05) is 17.2 Å². The Hall–Kier alpha value is -2.02. The second-order valence-corrected chi connectivity index (χ2v) is 4.46. The Labute approximate surface area is 118 Å². The van der Waals surface area contributed by atoms with Crippen molar-refractivity contribution in [3.8, 4) is 0 Å². The summed E-state index contributed by atoms with van der Waals surface area (Å²) in [5, 5.41) is 5.67. The molecule has 7 heteroatoms. The molecule has 0 unspecified atom stereocenters. The number of carbonyl (C=O) groups is 1. The number of rotatable bonds is 4. The number of nitrogens with one attached hydrogen (secondary N) is 2. The van der Waals surface area contributed by atoms with Crippen LogP contribution in [0.3, 0.4) is 0 Å². The number of amides is 1. The van der Waals surface area contributed by atoms with Crippen LogP contribution in [0.1, 0.15) is 17.4 Å². The summed E-state index contributed by atoms with van der Waals surface area (Å²) in [6, 6.07) is 3.56. The molecule has 98 valence electrons. The van der Waals surface area contributed by atoms with E-state index < -0.39 is 0 Å². The van der Waals surface area contributed by atoms with Crippen molar-refractivity contribution in [3.63, 3.8) is 0 Å². The van der Waals surface area contributed by atoms with Crippen LogP contribution in [0, 0.1) is 0 Å². The lowest BCUT2D eigenvalue weighted by Gasteiger charge is -2.06. The van der Waals surface area contributed by atoms with Crippen molar-refractivity contribution in [3.05, 3.63) is 40.9 Å². The van der Waals surface area contributed by atoms with Crippen LogP contribution >= 0.6 is 15.9 Å². The van der Waals surface area contributed by atoms with E-state index in [1.54, 1.807) is 18.3 Å². The average molecular weight is 322 g/mol. The summed E-state index contributed by atoms with van der Waals surface area (Å²) in [4.78, 5) is 24.1. The van der Waals surface area contributed by atoms with Gasteiger partial charge in [0.2, 0.25) is 0 Å². The Morgan fingerprint density at radius 1 is 1.32 bits per heavy atom. The first-order valence-electron chi connectivity index (χ1n) is 5.68. The molecular weight excluding hydrogens is 310 g/mol. The van der Waals surface area contributed by atoms with E-state index in [0.717, 1.165) is 6.54 Å². The minimum Gasteiger partial charge on any atom is -0.369 e. The second-order valence-electron chi connectivity index (χ2n) is 3.61. The highest BCUT2D eigenvalue weighted by Crippen LogP contribution is 2.18. The minimum absolute atomic E-state index is 0.235. The third-order valence-electron chi connectivity index (χ3n) is 2.23. The van der Waals surface area contributed by atoms with Crippen molar-refractivity contribution in [2.24, 2.45) is 0 Å². The molecule has 0 spiro atoms. The molecule has 2 rings (SSSR count). The number of halogens is 1. The van der Waals surface area contributed by atoms with Crippen LogP contribution < -0.4 is 10.6 Å². The maximum absolute atomic E-state index is 11.9. The number of carbonyl (C=O) groups excluding carboxylic acids is 1. The number of pyridine rings is 1. The largest absolute Gasteiger partial charge is 0.369 e. The van der Waals surface area contributed by atoms with Crippen molar-refractivity contribution in [1.82, 2.24) is 15.0 Å². The Kier molecular flexibility index (Phi) is 4.40. The van der Waals surface area contributed by atoms with Crippen LogP contribution in [0.5, 0.6) is 0 Å². The van der Waals surface area contributed by atoms with Gasteiger partial charge in [-0.15, -0.1) is 0 Å². The van der Waals surface area contributed by atoms with E-state index >= 15 is 0 Å². The molecule has 0 saturated carbocycles. The number of hydrogen-bond acceptors (Lipinski definition) is 5. The lowest BCUT2D eigenvalue weighted by Crippen LogP contribution is -2.15. The molecule has 19 heavy (non-hydrogen) atoms. The van der Waals surface area contributed by atoms with Crippen LogP contribution in [0.25, 0.3) is 0 Å². The maximum atomic E-state index is 11.9. The van der Waals surface area contributed by atoms with E-state index in [1.807, 2.05) is 6.92 Å². The number of nitrogens with zero attached hydrogens (tertiary/aromatic N) is 3. The molecule has 0 bridgehead atoms. The first kappa shape index (κ1) is 13.4. The summed E-state index contributed by atoms with van der Waals surface area (Å²) < 4.78 is 0.709. The van der Waals surface area contributed by atoms with Gasteiger partial charge in [-0.05, 0) is 35.0 Å². The number of anilines is 2. The molecule has 2 heterocycles. The van der Waals surface area contributed by atoms with Gasteiger partial charge in [-0.1, -0.05) is 0 Å². The Morgan fingerprint density at radius 3 is 2.79 bits per heavy atom. The molecule has 0 fully saturated rings. The van der Waals surface area contributed by atoms with Gasteiger partial charge in [0.1, 0.15) is 17.3 Å². The zero-order chi connectivity index (χ0) is 13.7. The minimum atomic E-state index is -0.352. The van der Waals surface area contributed by atoms with Gasteiger partial charge in [-0.2, -0.15) is 0 Å². The SMILES string of the molecule is CCNc1cnc(C(=O)Nc2ncccc2Br)cn1. The van der Waals surface area contributed by atoms with Gasteiger partial charge in [0.05, 0.1) is 16.9 Å². The van der Waals surface area contributed by atoms with Crippen LogP contribution in [-0.2, 0) is 0 Å². The molecule has 2 N–H and O–H groups in total. The highest BCUT2D eigenvalue weighted by Gasteiger charge is 2.10. The van der Waals surface area contributed by atoms with Crippen LogP contribution in [0.4, 0.5) is 11.6 Å². The van der Waals surface area contributed by atoms with Gasteiger partial charge < -0.3 is 10.6 Å². The average Bonchev–Trinajstić information content (AvgIpc) is 2.42. The molecule has 0 aliphatic carbocycles. The summed E-state index contributed by atoms with van der Waals surface area (Å²) >= 11 is 3.31. The van der Waals surface area contributed by atoms with Crippen molar-refractivity contribution < 1.29 is 4.79 Å². The van der Waals surface area contributed by atoms with Gasteiger partial charge in [-0.25, -0.2) is 15.0 Å². The van der Waals surface area contributed by atoms with E-state index in [4.69, 9.17) is 0 Å². The van der Waals surface area contributed by atoms with Crippen LogP contribution in [0.15, 0.2) is 35.2 Å². The third-order valence-corrected chi connectivity index (χ3v) is 2.87. The summed E-state index contributed by atoms with van der Waals surface area (Å²) in [6.07, 6.45) is 4.54. The Bertz CT molecular complexity index is 573. The molecule has 2 aromatic heterocycles. The fraction of sp³-hybridized carbons (Fsp3) is 0.167. The lowest BCUT2D eigenvalue weighted by molar-refractivity contribution is 0.102. The Balaban J connectivity index is 2.10. The quantitative estimate of drug-likeness (QED) is 0.903. The van der Waals surface area contributed by atoms with E-state index in [2.05, 4.69) is 41.5 Å². The molecule has 0 radical (unpaired) electrons. The Morgan fingerprint density at radius 2 is 2.16 bits per heavy atom. The second kappa shape index (κ2) is 6.24. The molecule has 0 aromatic carbocycles. The number of aromatic nitrogens is 3. The van der Waals surface area contributed by atoms with Crippen LogP contribution in [0.2, 0.25) is 0 Å². The predicted molar refractivity (Wildman–Crippen MR) is 76.1 cm³/mol. The first-order valence-corrected chi connectivity index (χ1v) is 6.47. The summed E-state index contributed by atoms with van der Waals surface area (Å²) in [5.41, 5.74) is 0.235. The molecule has 0 aliphatic heterocycles. The van der Waals surface area contributed by atoms with E-state index in [-0.39, 0.29) is 11.6 Å². The highest BCUT2D eigenvalue weighted by atomic mass is 79.9. The van der Waals surface area contributed by atoms with E-state index in [0.29, 0.717) is 16.1 Å². The summed E-state index contributed by atoms with van der Waals surface area (Å²) in [7, 11) is 0. The molecule has 0 atom stereocenters. The molecule has 0 saturated heterocycles. The highest BCUT2D eigenvalue weighted by molar-refractivity contribution is 9.10. The fourth-order valence-electron chi connectivity index (χ4n) is 1.37. The summed E-state index contributed by atoms with van der Waals surface area (Å²) in [6.45, 7) is 2.71. The molecule has 0 aliphatic rings.